The zero-order chi connectivity index (χ0) is 14.1. The van der Waals surface area contributed by atoms with Gasteiger partial charge in [-0.1, -0.05) is 32.9 Å². The summed E-state index contributed by atoms with van der Waals surface area (Å²) < 4.78 is 30.5. The van der Waals surface area contributed by atoms with Gasteiger partial charge in [0.15, 0.2) is 0 Å². The number of benzene rings is 1. The molecule has 0 amide bonds. The average Bonchev–Trinajstić information content (AvgIpc) is 2.81. The van der Waals surface area contributed by atoms with Crippen LogP contribution in [0.1, 0.15) is 26.3 Å². The van der Waals surface area contributed by atoms with Gasteiger partial charge >= 0.3 is 0 Å². The van der Waals surface area contributed by atoms with Crippen LogP contribution in [0, 0.1) is 0 Å². The lowest BCUT2D eigenvalue weighted by Crippen LogP contribution is -2.14. The van der Waals surface area contributed by atoms with E-state index in [1.807, 2.05) is 18.2 Å². The van der Waals surface area contributed by atoms with Gasteiger partial charge in [0.25, 0.3) is 10.0 Å². The zero-order valence-electron chi connectivity index (χ0n) is 11.0. The molecule has 0 aliphatic heterocycles. The maximum atomic E-state index is 12.1. The minimum absolute atomic E-state index is 0.0224. The summed E-state index contributed by atoms with van der Waals surface area (Å²) in [6.45, 7) is 6.26. The van der Waals surface area contributed by atoms with Crippen LogP contribution in [0.2, 0.25) is 0 Å². The van der Waals surface area contributed by atoms with Crippen LogP contribution in [0.4, 0.5) is 5.69 Å². The van der Waals surface area contributed by atoms with Crippen molar-refractivity contribution in [3.05, 3.63) is 41.4 Å². The lowest BCUT2D eigenvalue weighted by Gasteiger charge is -2.20. The maximum absolute atomic E-state index is 12.1. The first-order valence-electron chi connectivity index (χ1n) is 5.82. The molecular weight excluding hydrogens is 280 g/mol. The molecule has 2 rings (SSSR count). The van der Waals surface area contributed by atoms with E-state index in [0.29, 0.717) is 5.69 Å². The maximum Gasteiger partial charge on any atom is 0.264 e. The van der Waals surface area contributed by atoms with Crippen molar-refractivity contribution < 1.29 is 8.42 Å². The molecule has 0 aliphatic carbocycles. The largest absolute Gasteiger partial charge is 0.280 e. The van der Waals surface area contributed by atoms with Crippen molar-refractivity contribution in [2.24, 2.45) is 0 Å². The Labute approximate surface area is 117 Å². The average molecular weight is 296 g/mol. The first-order valence-corrected chi connectivity index (χ1v) is 8.14. The Morgan fingerprint density at radius 1 is 1.26 bits per heavy atom. The van der Waals surface area contributed by atoms with Crippen molar-refractivity contribution in [3.63, 3.8) is 0 Å². The summed E-state index contributed by atoms with van der Waals surface area (Å²) in [7, 11) is -3.53. The highest BCUT2D eigenvalue weighted by molar-refractivity contribution is 7.92. The highest BCUT2D eigenvalue weighted by atomic mass is 32.2. The van der Waals surface area contributed by atoms with Crippen LogP contribution in [0.15, 0.2) is 40.7 Å². The predicted molar refractivity (Wildman–Crippen MR) is 78.1 cm³/mol. The van der Waals surface area contributed by atoms with Crippen molar-refractivity contribution in [1.29, 1.82) is 0 Å². The van der Waals surface area contributed by atoms with E-state index >= 15 is 0 Å². The summed E-state index contributed by atoms with van der Waals surface area (Å²) in [6, 6.07) is 7.44. The summed E-state index contributed by atoms with van der Waals surface area (Å²) in [5.41, 5.74) is 1.63. The standard InChI is InChI=1S/C13H16N2O2S2/c1-13(2,3)10-5-4-6-11(7-10)15-19(16,17)12-8-14-18-9-12/h4-9,15H,1-3H3. The molecule has 1 aromatic heterocycles. The molecule has 0 spiro atoms. The molecule has 0 radical (unpaired) electrons. The van der Waals surface area contributed by atoms with Gasteiger partial charge in [-0.3, -0.25) is 4.72 Å². The van der Waals surface area contributed by atoms with Crippen LogP contribution in [-0.4, -0.2) is 12.8 Å². The summed E-state index contributed by atoms with van der Waals surface area (Å²) in [5.74, 6) is 0. The molecule has 0 atom stereocenters. The third-order valence-corrected chi connectivity index (χ3v) is 4.78. The Hall–Kier alpha value is -1.40. The lowest BCUT2D eigenvalue weighted by molar-refractivity contribution is 0.590. The van der Waals surface area contributed by atoms with E-state index in [9.17, 15) is 8.42 Å². The Bertz CT molecular complexity index is 656. The van der Waals surface area contributed by atoms with Gasteiger partial charge in [0, 0.05) is 11.1 Å². The van der Waals surface area contributed by atoms with Gasteiger partial charge in [0.1, 0.15) is 4.90 Å². The fraction of sp³-hybridized carbons (Fsp3) is 0.308. The molecule has 6 heteroatoms. The Balaban J connectivity index is 2.30. The first-order chi connectivity index (χ1) is 8.79. The molecule has 1 aromatic carbocycles. The smallest absolute Gasteiger partial charge is 0.264 e. The predicted octanol–water partition coefficient (Wildman–Crippen LogP) is 3.24. The highest BCUT2D eigenvalue weighted by Crippen LogP contribution is 2.25. The van der Waals surface area contributed by atoms with Gasteiger partial charge in [-0.05, 0) is 34.6 Å². The molecule has 1 N–H and O–H groups in total. The molecule has 2 aromatic rings. The van der Waals surface area contributed by atoms with Crippen molar-refractivity contribution in [1.82, 2.24) is 4.37 Å². The van der Waals surface area contributed by atoms with E-state index in [1.165, 1.54) is 11.6 Å². The molecule has 0 unspecified atom stereocenters. The topological polar surface area (TPSA) is 59.1 Å². The van der Waals surface area contributed by atoms with Crippen LogP contribution in [0.25, 0.3) is 0 Å². The van der Waals surface area contributed by atoms with E-state index in [1.54, 1.807) is 6.07 Å². The van der Waals surface area contributed by atoms with Crippen molar-refractivity contribution in [3.8, 4) is 0 Å². The number of aromatic nitrogens is 1. The second kappa shape index (κ2) is 4.94. The molecule has 19 heavy (non-hydrogen) atoms. The zero-order valence-corrected chi connectivity index (χ0v) is 12.7. The van der Waals surface area contributed by atoms with Crippen molar-refractivity contribution in [2.45, 2.75) is 31.1 Å². The number of anilines is 1. The monoisotopic (exact) mass is 296 g/mol. The first kappa shape index (κ1) is 14.0. The minimum atomic E-state index is -3.53. The molecule has 1 heterocycles. The van der Waals surface area contributed by atoms with E-state index in [-0.39, 0.29) is 10.3 Å². The van der Waals surface area contributed by atoms with Gasteiger partial charge < -0.3 is 0 Å². The van der Waals surface area contributed by atoms with Crippen molar-refractivity contribution >= 4 is 27.2 Å². The lowest BCUT2D eigenvalue weighted by atomic mass is 9.87. The third kappa shape index (κ3) is 3.33. The molecule has 0 saturated heterocycles. The number of sulfonamides is 1. The Morgan fingerprint density at radius 3 is 2.58 bits per heavy atom. The molecule has 102 valence electrons. The Morgan fingerprint density at radius 2 is 2.00 bits per heavy atom. The third-order valence-electron chi connectivity index (χ3n) is 2.70. The summed E-state index contributed by atoms with van der Waals surface area (Å²) in [5, 5.41) is 1.51. The normalized spacial score (nSPS) is 12.4. The molecular formula is C13H16N2O2S2. The fourth-order valence-corrected chi connectivity index (χ4v) is 3.44. The van der Waals surface area contributed by atoms with E-state index in [2.05, 4.69) is 29.9 Å². The van der Waals surface area contributed by atoms with Crippen LogP contribution in [-0.2, 0) is 15.4 Å². The minimum Gasteiger partial charge on any atom is -0.280 e. The number of hydrogen-bond donors (Lipinski definition) is 1. The summed E-state index contributed by atoms with van der Waals surface area (Å²) >= 11 is 1.12. The summed E-state index contributed by atoms with van der Waals surface area (Å²) in [4.78, 5) is 0.193. The number of hydrogen-bond acceptors (Lipinski definition) is 4. The molecule has 0 saturated carbocycles. The van der Waals surface area contributed by atoms with Gasteiger partial charge in [-0.15, -0.1) is 0 Å². The quantitative estimate of drug-likeness (QED) is 0.946. The van der Waals surface area contributed by atoms with Gasteiger partial charge in [0.2, 0.25) is 0 Å². The number of rotatable bonds is 3. The van der Waals surface area contributed by atoms with E-state index in [0.717, 1.165) is 17.1 Å². The van der Waals surface area contributed by atoms with Crippen LogP contribution in [0.3, 0.4) is 0 Å². The SMILES string of the molecule is CC(C)(C)c1cccc(NS(=O)(=O)c2cnsc2)c1. The van der Waals surface area contributed by atoms with Crippen molar-refractivity contribution in [2.75, 3.05) is 4.72 Å². The van der Waals surface area contributed by atoms with Gasteiger partial charge in [0.05, 0.1) is 6.20 Å². The number of nitrogens with zero attached hydrogens (tertiary/aromatic N) is 1. The highest BCUT2D eigenvalue weighted by Gasteiger charge is 2.17. The number of nitrogens with one attached hydrogen (secondary N) is 1. The summed E-state index contributed by atoms with van der Waals surface area (Å²) in [6.07, 6.45) is 1.35. The molecule has 0 bridgehead atoms. The molecule has 4 nitrogen and oxygen atoms in total. The van der Waals surface area contributed by atoms with Crippen LogP contribution >= 0.6 is 11.5 Å². The second-order valence-electron chi connectivity index (χ2n) is 5.30. The van der Waals surface area contributed by atoms with E-state index in [4.69, 9.17) is 0 Å². The second-order valence-corrected chi connectivity index (χ2v) is 7.64. The van der Waals surface area contributed by atoms with Crippen LogP contribution in [0.5, 0.6) is 0 Å². The fourth-order valence-electron chi connectivity index (χ4n) is 1.59. The molecule has 0 fully saturated rings. The molecule has 0 aliphatic rings. The van der Waals surface area contributed by atoms with Crippen LogP contribution < -0.4 is 4.72 Å². The van der Waals surface area contributed by atoms with Gasteiger partial charge in [-0.2, -0.15) is 4.37 Å². The van der Waals surface area contributed by atoms with E-state index < -0.39 is 10.0 Å². The van der Waals surface area contributed by atoms with Gasteiger partial charge in [-0.25, -0.2) is 8.42 Å². The Kier molecular flexibility index (Phi) is 3.64.